The summed E-state index contributed by atoms with van der Waals surface area (Å²) in [7, 11) is 0. The highest BCUT2D eigenvalue weighted by molar-refractivity contribution is 7.71. The van der Waals surface area contributed by atoms with Gasteiger partial charge in [0.2, 0.25) is 0 Å². The highest BCUT2D eigenvalue weighted by atomic mass is 32.1. The predicted molar refractivity (Wildman–Crippen MR) is 45.5 cm³/mol. The van der Waals surface area contributed by atoms with Crippen LogP contribution in [0.15, 0.2) is 4.79 Å². The molecule has 0 spiro atoms. The molecule has 0 saturated heterocycles. The predicted octanol–water partition coefficient (Wildman–Crippen LogP) is -0.160. The second kappa shape index (κ2) is 2.90. The molecule has 5 nitrogen and oxygen atoms in total. The van der Waals surface area contributed by atoms with Crippen molar-refractivity contribution in [3.63, 3.8) is 0 Å². The molecule has 4 N–H and O–H groups in total. The third kappa shape index (κ3) is 1.42. The Balaban J connectivity index is 3.60. The molecule has 1 aromatic heterocycles. The average molecular weight is 185 g/mol. The third-order valence-electron chi connectivity index (χ3n) is 1.38. The van der Waals surface area contributed by atoms with E-state index >= 15 is 0 Å². The molecule has 0 atom stereocenters. The van der Waals surface area contributed by atoms with Crippen LogP contribution in [-0.2, 0) is 0 Å². The fourth-order valence-corrected chi connectivity index (χ4v) is 1.24. The van der Waals surface area contributed by atoms with E-state index in [-0.39, 0.29) is 10.2 Å². The fourth-order valence-electron chi connectivity index (χ4n) is 0.897. The number of primary amides is 1. The molecule has 0 aliphatic rings. The van der Waals surface area contributed by atoms with Gasteiger partial charge in [0.25, 0.3) is 5.91 Å². The standard InChI is InChI=1S/C6H7N3O2S/c1-2-3(4(7)10)5(12)9-6(11)8-2/h1H3,(H2,7,10)(H2,8,9,11,12). The lowest BCUT2D eigenvalue weighted by Gasteiger charge is -1.98. The van der Waals surface area contributed by atoms with Crippen LogP contribution in [0.25, 0.3) is 0 Å². The summed E-state index contributed by atoms with van der Waals surface area (Å²) < 4.78 is 0.0729. The molecule has 6 heteroatoms. The van der Waals surface area contributed by atoms with Crippen LogP contribution >= 0.6 is 12.2 Å². The van der Waals surface area contributed by atoms with Gasteiger partial charge in [0.15, 0.2) is 0 Å². The number of H-pyrrole nitrogens is 2. The molecule has 0 aromatic carbocycles. The van der Waals surface area contributed by atoms with Gasteiger partial charge in [-0.3, -0.25) is 9.78 Å². The Morgan fingerprint density at radius 2 is 2.08 bits per heavy atom. The van der Waals surface area contributed by atoms with Crippen molar-refractivity contribution in [2.45, 2.75) is 6.92 Å². The SMILES string of the molecule is Cc1[nH]c(=O)[nH]c(=S)c1C(N)=O. The van der Waals surface area contributed by atoms with E-state index in [2.05, 4.69) is 9.97 Å². The molecule has 1 amide bonds. The molecule has 0 fully saturated rings. The van der Waals surface area contributed by atoms with Gasteiger partial charge in [-0.25, -0.2) is 4.79 Å². The van der Waals surface area contributed by atoms with Crippen LogP contribution < -0.4 is 11.4 Å². The van der Waals surface area contributed by atoms with E-state index in [1.807, 2.05) is 0 Å². The molecule has 0 unspecified atom stereocenters. The molecule has 0 aliphatic heterocycles. The molecule has 1 aromatic rings. The summed E-state index contributed by atoms with van der Waals surface area (Å²) in [5, 5.41) is 0. The number of hydrogen-bond donors (Lipinski definition) is 3. The topological polar surface area (TPSA) is 91.7 Å². The number of carbonyl (C=O) groups excluding carboxylic acids is 1. The Bertz CT molecular complexity index is 431. The largest absolute Gasteiger partial charge is 0.365 e. The molecule has 1 heterocycles. The Morgan fingerprint density at radius 1 is 1.50 bits per heavy atom. The van der Waals surface area contributed by atoms with Crippen LogP contribution in [0, 0.1) is 11.6 Å². The van der Waals surface area contributed by atoms with Gasteiger partial charge in [-0.15, -0.1) is 0 Å². The van der Waals surface area contributed by atoms with Gasteiger partial charge in [0, 0.05) is 5.69 Å². The van der Waals surface area contributed by atoms with Crippen LogP contribution in [0.4, 0.5) is 0 Å². The lowest BCUT2D eigenvalue weighted by molar-refractivity contribution is 0.0998. The maximum absolute atomic E-state index is 10.8. The molecular formula is C6H7N3O2S. The smallest absolute Gasteiger partial charge is 0.324 e. The van der Waals surface area contributed by atoms with Gasteiger partial charge in [-0.1, -0.05) is 12.2 Å². The first-order valence-electron chi connectivity index (χ1n) is 3.15. The average Bonchev–Trinajstić information content (AvgIpc) is 1.82. The number of nitrogens with one attached hydrogen (secondary N) is 2. The minimum Gasteiger partial charge on any atom is -0.365 e. The van der Waals surface area contributed by atoms with Crippen molar-refractivity contribution in [2.24, 2.45) is 5.73 Å². The minimum absolute atomic E-state index is 0.0729. The van der Waals surface area contributed by atoms with Crippen LogP contribution in [0.5, 0.6) is 0 Å². The first-order chi connectivity index (χ1) is 5.52. The van der Waals surface area contributed by atoms with Gasteiger partial charge >= 0.3 is 5.69 Å². The zero-order valence-corrected chi connectivity index (χ0v) is 7.12. The van der Waals surface area contributed by atoms with Crippen molar-refractivity contribution in [1.29, 1.82) is 0 Å². The van der Waals surface area contributed by atoms with Crippen molar-refractivity contribution >= 4 is 18.1 Å². The summed E-state index contributed by atoms with van der Waals surface area (Å²) in [6.45, 7) is 1.56. The first kappa shape index (κ1) is 8.66. The van der Waals surface area contributed by atoms with E-state index in [9.17, 15) is 9.59 Å². The number of nitrogens with two attached hydrogens (primary N) is 1. The molecule has 64 valence electrons. The molecule has 1 rings (SSSR count). The highest BCUT2D eigenvalue weighted by Crippen LogP contribution is 2.00. The Kier molecular flexibility index (Phi) is 2.09. The summed E-state index contributed by atoms with van der Waals surface area (Å²) in [5.41, 5.74) is 5.12. The number of aryl methyl sites for hydroxylation is 1. The van der Waals surface area contributed by atoms with Crippen LogP contribution in [0.3, 0.4) is 0 Å². The van der Waals surface area contributed by atoms with Gasteiger partial charge in [0.05, 0.1) is 5.56 Å². The number of aromatic nitrogens is 2. The van der Waals surface area contributed by atoms with Crippen molar-refractivity contribution in [3.05, 3.63) is 26.4 Å². The van der Waals surface area contributed by atoms with E-state index in [1.54, 1.807) is 6.92 Å². The summed E-state index contributed by atoms with van der Waals surface area (Å²) in [5.74, 6) is -0.648. The summed E-state index contributed by atoms with van der Waals surface area (Å²) in [4.78, 5) is 26.2. The van der Waals surface area contributed by atoms with E-state index in [0.717, 1.165) is 0 Å². The van der Waals surface area contributed by atoms with E-state index in [1.165, 1.54) is 0 Å². The van der Waals surface area contributed by atoms with Crippen LogP contribution in [0.2, 0.25) is 0 Å². The van der Waals surface area contributed by atoms with Gasteiger partial charge in [-0.05, 0) is 6.92 Å². The normalized spacial score (nSPS) is 9.75. The first-order valence-corrected chi connectivity index (χ1v) is 3.56. The van der Waals surface area contributed by atoms with Gasteiger partial charge < -0.3 is 10.7 Å². The second-order valence-electron chi connectivity index (χ2n) is 2.27. The summed E-state index contributed by atoms with van der Waals surface area (Å²) in [6.07, 6.45) is 0. The number of aromatic amines is 2. The highest BCUT2D eigenvalue weighted by Gasteiger charge is 2.07. The maximum Gasteiger partial charge on any atom is 0.324 e. The lowest BCUT2D eigenvalue weighted by atomic mass is 10.2. The number of hydrogen-bond acceptors (Lipinski definition) is 3. The van der Waals surface area contributed by atoms with Crippen molar-refractivity contribution < 1.29 is 4.79 Å². The Morgan fingerprint density at radius 3 is 2.50 bits per heavy atom. The molecule has 0 aliphatic carbocycles. The summed E-state index contributed by atoms with van der Waals surface area (Å²) >= 11 is 4.73. The van der Waals surface area contributed by atoms with Crippen molar-refractivity contribution in [3.8, 4) is 0 Å². The molecule has 0 saturated carbocycles. The maximum atomic E-state index is 10.8. The molecule has 0 bridgehead atoms. The fraction of sp³-hybridized carbons (Fsp3) is 0.167. The van der Waals surface area contributed by atoms with Gasteiger partial charge in [-0.2, -0.15) is 0 Å². The van der Waals surface area contributed by atoms with E-state index < -0.39 is 11.6 Å². The number of amides is 1. The summed E-state index contributed by atoms with van der Waals surface area (Å²) in [6, 6.07) is 0. The zero-order chi connectivity index (χ0) is 9.30. The molecule has 12 heavy (non-hydrogen) atoms. The van der Waals surface area contributed by atoms with E-state index in [0.29, 0.717) is 5.69 Å². The molecular weight excluding hydrogens is 178 g/mol. The third-order valence-corrected chi connectivity index (χ3v) is 1.68. The monoisotopic (exact) mass is 185 g/mol. The Hall–Kier alpha value is -1.43. The van der Waals surface area contributed by atoms with Crippen LogP contribution in [0.1, 0.15) is 16.1 Å². The second-order valence-corrected chi connectivity index (χ2v) is 2.68. The van der Waals surface area contributed by atoms with Gasteiger partial charge in [0.1, 0.15) is 4.64 Å². The Labute approximate surface area is 72.6 Å². The molecule has 0 radical (unpaired) electrons. The quantitative estimate of drug-likeness (QED) is 0.531. The van der Waals surface area contributed by atoms with E-state index in [4.69, 9.17) is 18.0 Å². The van der Waals surface area contributed by atoms with Crippen molar-refractivity contribution in [2.75, 3.05) is 0 Å². The zero-order valence-electron chi connectivity index (χ0n) is 6.30. The van der Waals surface area contributed by atoms with Crippen LogP contribution in [-0.4, -0.2) is 15.9 Å². The minimum atomic E-state index is -0.648. The number of rotatable bonds is 1. The lowest BCUT2D eigenvalue weighted by Crippen LogP contribution is -2.21. The van der Waals surface area contributed by atoms with Crippen molar-refractivity contribution in [1.82, 2.24) is 9.97 Å². The number of carbonyl (C=O) groups is 1.